The molecule has 2 rings (SSSR count). The summed E-state index contributed by atoms with van der Waals surface area (Å²) in [7, 11) is 0. The number of aromatic nitrogens is 1. The van der Waals surface area contributed by atoms with Gasteiger partial charge in [-0.15, -0.1) is 0 Å². The van der Waals surface area contributed by atoms with Crippen LogP contribution in [0.1, 0.15) is 64.2 Å². The number of hydrogen-bond acceptors (Lipinski definition) is 4. The maximum Gasteiger partial charge on any atom is 0.257 e. The first-order valence-electron chi connectivity index (χ1n) is 8.67. The third kappa shape index (κ3) is 5.51. The molecule has 1 heterocycles. The molecule has 0 atom stereocenters. The van der Waals surface area contributed by atoms with E-state index in [2.05, 4.69) is 22.5 Å². The SMILES string of the molecule is CCCCCNC(=O)c1cncc(C(=O)Nc2cccc(C(C)=O)c2)c1. The van der Waals surface area contributed by atoms with Gasteiger partial charge in [-0.1, -0.05) is 31.9 Å². The number of carbonyl (C=O) groups is 3. The lowest BCUT2D eigenvalue weighted by atomic mass is 10.1. The van der Waals surface area contributed by atoms with Crippen LogP contribution in [0, 0.1) is 0 Å². The Morgan fingerprint density at radius 3 is 2.38 bits per heavy atom. The van der Waals surface area contributed by atoms with E-state index in [-0.39, 0.29) is 23.2 Å². The summed E-state index contributed by atoms with van der Waals surface area (Å²) in [6.45, 7) is 4.16. The highest BCUT2D eigenvalue weighted by molar-refractivity contribution is 6.06. The molecule has 0 bridgehead atoms. The van der Waals surface area contributed by atoms with Crippen molar-refractivity contribution in [1.29, 1.82) is 0 Å². The maximum atomic E-state index is 12.4. The number of nitrogens with zero attached hydrogens (tertiary/aromatic N) is 1. The van der Waals surface area contributed by atoms with E-state index in [1.807, 2.05) is 0 Å². The van der Waals surface area contributed by atoms with Crippen LogP contribution >= 0.6 is 0 Å². The number of nitrogens with one attached hydrogen (secondary N) is 2. The molecule has 2 N–H and O–H groups in total. The Hall–Kier alpha value is -3.02. The number of unbranched alkanes of at least 4 members (excludes halogenated alkanes) is 2. The normalized spacial score (nSPS) is 10.2. The maximum absolute atomic E-state index is 12.4. The molecular formula is C20H23N3O3. The van der Waals surface area contributed by atoms with Crippen molar-refractivity contribution in [2.24, 2.45) is 0 Å². The molecule has 136 valence electrons. The Bertz CT molecular complexity index is 802. The summed E-state index contributed by atoms with van der Waals surface area (Å²) < 4.78 is 0. The molecule has 0 aliphatic heterocycles. The van der Waals surface area contributed by atoms with E-state index in [0.29, 0.717) is 23.4 Å². The molecule has 1 aromatic heterocycles. The van der Waals surface area contributed by atoms with Gasteiger partial charge in [-0.3, -0.25) is 19.4 Å². The zero-order valence-corrected chi connectivity index (χ0v) is 15.0. The minimum atomic E-state index is -0.390. The lowest BCUT2D eigenvalue weighted by Crippen LogP contribution is -2.25. The molecule has 0 saturated heterocycles. The highest BCUT2D eigenvalue weighted by Gasteiger charge is 2.12. The Kier molecular flexibility index (Phi) is 7.02. The fraction of sp³-hybridized carbons (Fsp3) is 0.300. The third-order valence-electron chi connectivity index (χ3n) is 3.86. The minimum absolute atomic E-state index is 0.0792. The summed E-state index contributed by atoms with van der Waals surface area (Å²) in [5.41, 5.74) is 1.64. The van der Waals surface area contributed by atoms with Gasteiger partial charge < -0.3 is 10.6 Å². The highest BCUT2D eigenvalue weighted by Crippen LogP contribution is 2.13. The quantitative estimate of drug-likeness (QED) is 0.562. The van der Waals surface area contributed by atoms with Gasteiger partial charge in [-0.2, -0.15) is 0 Å². The molecule has 0 aliphatic carbocycles. The van der Waals surface area contributed by atoms with Crippen molar-refractivity contribution >= 4 is 23.3 Å². The average molecular weight is 353 g/mol. The number of carbonyl (C=O) groups excluding carboxylic acids is 3. The van der Waals surface area contributed by atoms with Crippen LogP contribution in [0.5, 0.6) is 0 Å². The van der Waals surface area contributed by atoms with Crippen LogP contribution in [0.25, 0.3) is 0 Å². The van der Waals surface area contributed by atoms with Gasteiger partial charge in [0.05, 0.1) is 11.1 Å². The monoisotopic (exact) mass is 353 g/mol. The van der Waals surface area contributed by atoms with E-state index in [0.717, 1.165) is 19.3 Å². The van der Waals surface area contributed by atoms with Crippen LogP contribution in [-0.4, -0.2) is 29.1 Å². The zero-order chi connectivity index (χ0) is 18.9. The van der Waals surface area contributed by atoms with Gasteiger partial charge in [-0.25, -0.2) is 0 Å². The standard InChI is InChI=1S/C20H23N3O3/c1-3-4-5-9-22-19(25)16-10-17(13-21-12-16)20(26)23-18-8-6-7-15(11-18)14(2)24/h6-8,10-13H,3-5,9H2,1-2H3,(H,22,25)(H,23,26). The van der Waals surface area contributed by atoms with Crippen LogP contribution < -0.4 is 10.6 Å². The van der Waals surface area contributed by atoms with Crippen molar-refractivity contribution in [2.75, 3.05) is 11.9 Å². The summed E-state index contributed by atoms with van der Waals surface area (Å²) in [5.74, 6) is -0.717. The summed E-state index contributed by atoms with van der Waals surface area (Å²) in [5, 5.41) is 5.54. The number of ketones is 1. The van der Waals surface area contributed by atoms with Gasteiger partial charge in [0.25, 0.3) is 11.8 Å². The predicted molar refractivity (Wildman–Crippen MR) is 100 cm³/mol. The van der Waals surface area contributed by atoms with Crippen LogP contribution in [0.2, 0.25) is 0 Å². The predicted octanol–water partition coefficient (Wildman–Crippen LogP) is 3.46. The van der Waals surface area contributed by atoms with Gasteiger partial charge in [0.1, 0.15) is 0 Å². The van der Waals surface area contributed by atoms with Gasteiger partial charge in [0.2, 0.25) is 0 Å². The number of anilines is 1. The summed E-state index contributed by atoms with van der Waals surface area (Å²) in [4.78, 5) is 40.0. The number of amides is 2. The van der Waals surface area contributed by atoms with Crippen LogP contribution in [0.15, 0.2) is 42.7 Å². The second kappa shape index (κ2) is 9.46. The van der Waals surface area contributed by atoms with E-state index >= 15 is 0 Å². The second-order valence-corrected chi connectivity index (χ2v) is 6.02. The molecule has 26 heavy (non-hydrogen) atoms. The van der Waals surface area contributed by atoms with Crippen molar-refractivity contribution in [3.8, 4) is 0 Å². The first-order chi connectivity index (χ1) is 12.5. The number of benzene rings is 1. The number of hydrogen-bond donors (Lipinski definition) is 2. The molecule has 2 aromatic rings. The largest absolute Gasteiger partial charge is 0.352 e. The van der Waals surface area contributed by atoms with Crippen molar-refractivity contribution in [1.82, 2.24) is 10.3 Å². The first kappa shape index (κ1) is 19.3. The Labute approximate surface area is 153 Å². The van der Waals surface area contributed by atoms with Gasteiger partial charge in [0.15, 0.2) is 5.78 Å². The van der Waals surface area contributed by atoms with Crippen molar-refractivity contribution in [3.05, 3.63) is 59.4 Å². The van der Waals surface area contributed by atoms with Crippen LogP contribution in [0.4, 0.5) is 5.69 Å². The van der Waals surface area contributed by atoms with E-state index in [1.54, 1.807) is 24.3 Å². The average Bonchev–Trinajstić information content (AvgIpc) is 2.65. The van der Waals surface area contributed by atoms with E-state index in [1.165, 1.54) is 25.4 Å². The highest BCUT2D eigenvalue weighted by atomic mass is 16.2. The molecule has 0 unspecified atom stereocenters. The smallest absolute Gasteiger partial charge is 0.257 e. The van der Waals surface area contributed by atoms with Crippen molar-refractivity contribution in [2.45, 2.75) is 33.1 Å². The summed E-state index contributed by atoms with van der Waals surface area (Å²) >= 11 is 0. The minimum Gasteiger partial charge on any atom is -0.352 e. The van der Waals surface area contributed by atoms with Gasteiger partial charge in [-0.05, 0) is 31.5 Å². The van der Waals surface area contributed by atoms with Gasteiger partial charge >= 0.3 is 0 Å². The summed E-state index contributed by atoms with van der Waals surface area (Å²) in [6.07, 6.45) is 5.89. The van der Waals surface area contributed by atoms with Crippen molar-refractivity contribution in [3.63, 3.8) is 0 Å². The number of rotatable bonds is 8. The molecular weight excluding hydrogens is 330 g/mol. The van der Waals surface area contributed by atoms with Crippen LogP contribution in [0.3, 0.4) is 0 Å². The lowest BCUT2D eigenvalue weighted by molar-refractivity contribution is 0.0951. The molecule has 6 nitrogen and oxygen atoms in total. The van der Waals surface area contributed by atoms with Crippen molar-refractivity contribution < 1.29 is 14.4 Å². The number of Topliss-reactive ketones (excluding diaryl/α,β-unsaturated/α-hetero) is 1. The van der Waals surface area contributed by atoms with Gasteiger partial charge in [0, 0.05) is 30.2 Å². The van der Waals surface area contributed by atoms with E-state index in [9.17, 15) is 14.4 Å². The Morgan fingerprint density at radius 1 is 0.962 bits per heavy atom. The fourth-order valence-corrected chi connectivity index (χ4v) is 2.39. The molecule has 2 amide bonds. The fourth-order valence-electron chi connectivity index (χ4n) is 2.39. The lowest BCUT2D eigenvalue weighted by Gasteiger charge is -2.08. The molecule has 6 heteroatoms. The molecule has 0 spiro atoms. The van der Waals surface area contributed by atoms with E-state index < -0.39 is 0 Å². The summed E-state index contributed by atoms with van der Waals surface area (Å²) in [6, 6.07) is 8.19. The second-order valence-electron chi connectivity index (χ2n) is 6.02. The third-order valence-corrected chi connectivity index (χ3v) is 3.86. The zero-order valence-electron chi connectivity index (χ0n) is 15.0. The molecule has 0 aliphatic rings. The molecule has 0 fully saturated rings. The molecule has 0 saturated carbocycles. The molecule has 0 radical (unpaired) electrons. The molecule has 1 aromatic carbocycles. The number of pyridine rings is 1. The Morgan fingerprint density at radius 2 is 1.69 bits per heavy atom. The Balaban J connectivity index is 2.04. The topological polar surface area (TPSA) is 88.2 Å². The first-order valence-corrected chi connectivity index (χ1v) is 8.67. The van der Waals surface area contributed by atoms with Crippen LogP contribution in [-0.2, 0) is 0 Å². The van der Waals surface area contributed by atoms with E-state index in [4.69, 9.17) is 0 Å².